The van der Waals surface area contributed by atoms with E-state index in [4.69, 9.17) is 16.6 Å². The molecular weight excluding hydrogens is 579 g/mol. The third kappa shape index (κ3) is 5.42. The molecule has 8 nitrogen and oxygen atoms in total. The number of hydrogen-bond donors (Lipinski definition) is 2. The van der Waals surface area contributed by atoms with Crippen molar-refractivity contribution in [2.75, 3.05) is 26.2 Å². The van der Waals surface area contributed by atoms with E-state index in [1.807, 2.05) is 35.8 Å². The van der Waals surface area contributed by atoms with Gasteiger partial charge in [-0.15, -0.1) is 0 Å². The number of nitrogens with one attached hydrogen (secondary N) is 1. The number of fused-ring (bicyclic) bond motifs is 2. The van der Waals surface area contributed by atoms with Gasteiger partial charge in [0.05, 0.1) is 18.1 Å². The summed E-state index contributed by atoms with van der Waals surface area (Å²) in [4.78, 5) is 27.3. The van der Waals surface area contributed by atoms with Gasteiger partial charge in [0.25, 0.3) is 0 Å². The van der Waals surface area contributed by atoms with Gasteiger partial charge in [-0.25, -0.2) is 4.98 Å². The molecule has 1 saturated carbocycles. The Morgan fingerprint density at radius 2 is 2.08 bits per heavy atom. The van der Waals surface area contributed by atoms with Crippen molar-refractivity contribution >= 4 is 40.5 Å². The van der Waals surface area contributed by atoms with Crippen LogP contribution in [0, 0.1) is 0 Å². The molecule has 2 aromatic heterocycles. The number of aryl methyl sites for hydroxylation is 2. The van der Waals surface area contributed by atoms with Crippen LogP contribution in [0.15, 0.2) is 53.7 Å². The molecule has 6 rings (SSSR count). The van der Waals surface area contributed by atoms with Crippen LogP contribution in [-0.4, -0.2) is 74.4 Å². The van der Waals surface area contributed by atoms with Gasteiger partial charge in [-0.3, -0.25) is 14.7 Å². The second-order valence-corrected chi connectivity index (χ2v) is 12.4. The number of halogens is 2. The van der Waals surface area contributed by atoms with E-state index in [0.717, 1.165) is 47.8 Å². The number of benzene rings is 1. The fourth-order valence-corrected chi connectivity index (χ4v) is 6.88. The third-order valence-corrected chi connectivity index (χ3v) is 9.34. The lowest BCUT2D eigenvalue weighted by molar-refractivity contribution is -0.129. The maximum Gasteiger partial charge on any atom is 0.376 e. The fraction of sp³-hybridized carbons (Fsp3) is 0.464. The topological polar surface area (TPSA) is 86.5 Å². The minimum atomic E-state index is -0.625. The number of carbonyl (C=O) groups is 1. The maximum absolute atomic E-state index is 13.9. The lowest BCUT2D eigenvalue weighted by atomic mass is 9.82. The fourth-order valence-electron chi connectivity index (χ4n) is 6.31. The summed E-state index contributed by atoms with van der Waals surface area (Å²) in [5.74, 6) is -0.0137. The zero-order chi connectivity index (χ0) is 27.1. The van der Waals surface area contributed by atoms with Crippen molar-refractivity contribution in [2.24, 2.45) is 0 Å². The monoisotopic (exact) mass is 610 g/mol. The molecule has 1 unspecified atom stereocenters. The molecule has 3 aromatic rings. The van der Waals surface area contributed by atoms with Gasteiger partial charge in [0.1, 0.15) is 6.04 Å². The van der Waals surface area contributed by atoms with Crippen molar-refractivity contribution < 1.29 is 9.82 Å². The molecule has 2 atom stereocenters. The van der Waals surface area contributed by atoms with Gasteiger partial charge in [-0.1, -0.05) is 17.7 Å². The van der Waals surface area contributed by atoms with Crippen LogP contribution in [0.3, 0.4) is 0 Å². The van der Waals surface area contributed by atoms with Crippen LogP contribution in [0.2, 0.25) is 11.8 Å². The normalized spacial score (nSPS) is 22.5. The number of carbonyl (C=O) groups excluding carboxylic acids is 1. The zero-order valence-electron chi connectivity index (χ0n) is 22.1. The Morgan fingerprint density at radius 3 is 2.82 bits per heavy atom. The van der Waals surface area contributed by atoms with Crippen LogP contribution in [-0.2, 0) is 23.2 Å². The van der Waals surface area contributed by atoms with E-state index >= 15 is 0 Å². The number of hydrogen-bond acceptors (Lipinski definition) is 6. The Balaban J connectivity index is 1.30. The molecule has 3 aliphatic rings. The highest BCUT2D eigenvalue weighted by atomic mass is 79.9. The molecule has 1 aromatic carbocycles. The number of rotatable bonds is 7. The Kier molecular flexibility index (Phi) is 7.59. The lowest BCUT2D eigenvalue weighted by Crippen LogP contribution is -2.62. The van der Waals surface area contributed by atoms with Crippen molar-refractivity contribution in [2.45, 2.75) is 56.5 Å². The van der Waals surface area contributed by atoms with E-state index in [1.165, 1.54) is 11.1 Å². The predicted molar refractivity (Wildman–Crippen MR) is 156 cm³/mol. The molecule has 0 spiro atoms. The largest absolute Gasteiger partial charge is 0.437 e. The standard InChI is InChI=1S/C28H33BBrClN6O2/c1-29(39)36-12-13-37(24(17-36)27(38)33-9-8-28(6-7-28)35-11-10-32-18-35)26-23-5-4-22(31)15-19(23)2-3-20-14-21(30)16-34-25(20)26/h4-5,10-11,14-16,18,24,26,39H,2-3,6-9,12-13,17H2,1H3,(H,33,38)/t24-,26?/m1/s1. The maximum atomic E-state index is 13.9. The summed E-state index contributed by atoms with van der Waals surface area (Å²) in [5.41, 5.74) is 4.56. The number of pyridine rings is 1. The van der Waals surface area contributed by atoms with Crippen molar-refractivity contribution in [3.63, 3.8) is 0 Å². The second kappa shape index (κ2) is 11.0. The van der Waals surface area contributed by atoms with E-state index in [-0.39, 0.29) is 17.5 Å². The molecule has 11 heteroatoms. The summed E-state index contributed by atoms with van der Waals surface area (Å²) in [6.07, 6.45) is 12.3. The van der Waals surface area contributed by atoms with Crippen molar-refractivity contribution in [1.82, 2.24) is 29.6 Å². The van der Waals surface area contributed by atoms with Gasteiger partial charge in [0, 0.05) is 59.8 Å². The Bertz CT molecular complexity index is 1300. The summed E-state index contributed by atoms with van der Waals surface area (Å²) >= 11 is 10.0. The first kappa shape index (κ1) is 27.0. The number of imidazole rings is 1. The molecule has 1 amide bonds. The smallest absolute Gasteiger partial charge is 0.376 e. The third-order valence-electron chi connectivity index (χ3n) is 8.68. The van der Waals surface area contributed by atoms with Gasteiger partial charge >= 0.3 is 7.05 Å². The van der Waals surface area contributed by atoms with E-state index in [0.29, 0.717) is 31.2 Å². The number of piperazine rings is 1. The molecule has 204 valence electrons. The average molecular weight is 612 g/mol. The number of aromatic nitrogens is 3. The first-order chi connectivity index (χ1) is 18.8. The van der Waals surface area contributed by atoms with Crippen LogP contribution in [0.1, 0.15) is 47.7 Å². The first-order valence-electron chi connectivity index (χ1n) is 13.7. The van der Waals surface area contributed by atoms with Crippen LogP contribution in [0.5, 0.6) is 0 Å². The molecule has 39 heavy (non-hydrogen) atoms. The number of amides is 1. The minimum Gasteiger partial charge on any atom is -0.437 e. The molecule has 1 aliphatic heterocycles. The molecule has 2 fully saturated rings. The first-order valence-corrected chi connectivity index (χ1v) is 14.9. The Labute approximate surface area is 243 Å². The van der Waals surface area contributed by atoms with Gasteiger partial charge < -0.3 is 19.7 Å². The van der Waals surface area contributed by atoms with Crippen LogP contribution >= 0.6 is 27.5 Å². The minimum absolute atomic E-state index is 0.0137. The predicted octanol–water partition coefficient (Wildman–Crippen LogP) is 3.67. The van der Waals surface area contributed by atoms with E-state index < -0.39 is 13.1 Å². The summed E-state index contributed by atoms with van der Waals surface area (Å²) in [6, 6.07) is 7.60. The van der Waals surface area contributed by atoms with Gasteiger partial charge in [-0.2, -0.15) is 0 Å². The number of nitrogens with zero attached hydrogens (tertiary/aromatic N) is 5. The molecule has 2 aliphatic carbocycles. The van der Waals surface area contributed by atoms with E-state index in [2.05, 4.69) is 53.9 Å². The van der Waals surface area contributed by atoms with E-state index in [9.17, 15) is 9.82 Å². The van der Waals surface area contributed by atoms with Crippen LogP contribution in [0.4, 0.5) is 0 Å². The summed E-state index contributed by atoms with van der Waals surface area (Å²) in [5, 5.41) is 14.4. The molecule has 2 N–H and O–H groups in total. The SMILES string of the molecule is CB(O)N1CCN(C2c3ccc(Cl)cc3CCc3cc(Br)cnc32)[C@@H](C(=O)NCCC2(n3ccnc3)CC2)C1. The van der Waals surface area contributed by atoms with Crippen molar-refractivity contribution in [3.8, 4) is 0 Å². The lowest BCUT2D eigenvalue weighted by Gasteiger charge is -2.45. The quantitative estimate of drug-likeness (QED) is 0.397. The second-order valence-electron chi connectivity index (χ2n) is 11.1. The Hall–Kier alpha value is -2.24. The van der Waals surface area contributed by atoms with Gasteiger partial charge in [-0.05, 0) is 89.7 Å². The van der Waals surface area contributed by atoms with Gasteiger partial charge in [0.2, 0.25) is 5.91 Å². The highest BCUT2D eigenvalue weighted by Crippen LogP contribution is 2.46. The summed E-state index contributed by atoms with van der Waals surface area (Å²) in [6.45, 7) is 4.10. The van der Waals surface area contributed by atoms with Gasteiger partial charge in [0.15, 0.2) is 0 Å². The average Bonchev–Trinajstić information content (AvgIpc) is 3.53. The molecule has 3 heterocycles. The summed E-state index contributed by atoms with van der Waals surface area (Å²) < 4.78 is 3.12. The Morgan fingerprint density at radius 1 is 1.26 bits per heavy atom. The van der Waals surface area contributed by atoms with E-state index in [1.54, 1.807) is 6.82 Å². The zero-order valence-corrected chi connectivity index (χ0v) is 24.4. The molecule has 1 saturated heterocycles. The van der Waals surface area contributed by atoms with Crippen molar-refractivity contribution in [1.29, 1.82) is 0 Å². The molecule has 0 bridgehead atoms. The summed E-state index contributed by atoms with van der Waals surface area (Å²) in [7, 11) is -0.625. The van der Waals surface area contributed by atoms with Crippen LogP contribution in [0.25, 0.3) is 0 Å². The highest BCUT2D eigenvalue weighted by molar-refractivity contribution is 9.10. The molecular formula is C28H33BBrClN6O2. The highest BCUT2D eigenvalue weighted by Gasteiger charge is 2.45. The van der Waals surface area contributed by atoms with Crippen LogP contribution < -0.4 is 5.32 Å². The molecule has 0 radical (unpaired) electrons. The van der Waals surface area contributed by atoms with Crippen molar-refractivity contribution in [3.05, 3.63) is 81.1 Å².